The molecule has 2 aliphatic heterocycles. The lowest BCUT2D eigenvalue weighted by atomic mass is 10.0. The van der Waals surface area contributed by atoms with Crippen LogP contribution in [0.25, 0.3) is 0 Å². The average Bonchev–Trinajstić information content (AvgIpc) is 3.59. The van der Waals surface area contributed by atoms with Crippen molar-refractivity contribution in [2.45, 2.75) is 56.2 Å². The Kier molecular flexibility index (Phi) is 9.03. The number of nitrogens with zero attached hydrogens (tertiary/aromatic N) is 3. The Balaban J connectivity index is 1.59. The summed E-state index contributed by atoms with van der Waals surface area (Å²) in [5, 5.41) is 8.91. The first-order valence-corrected chi connectivity index (χ1v) is 14.9. The van der Waals surface area contributed by atoms with E-state index in [1.165, 1.54) is 5.38 Å². The molecule has 0 aromatic carbocycles. The first kappa shape index (κ1) is 31.5. The average molecular weight is 638 g/mol. The van der Waals surface area contributed by atoms with Crippen LogP contribution in [0.4, 0.5) is 9.93 Å². The Hall–Kier alpha value is -3.44. The molecule has 20 heteroatoms. The number of anilines is 1. The molecule has 3 atom stereocenters. The van der Waals surface area contributed by atoms with Crippen LogP contribution < -0.4 is 10.6 Å². The van der Waals surface area contributed by atoms with Crippen molar-refractivity contribution in [2.24, 2.45) is 5.16 Å². The summed E-state index contributed by atoms with van der Waals surface area (Å²) in [5.74, 6) is -4.16. The van der Waals surface area contributed by atoms with E-state index in [9.17, 15) is 28.2 Å². The van der Waals surface area contributed by atoms with Crippen LogP contribution in [-0.4, -0.2) is 100.0 Å². The molecule has 0 bridgehead atoms. The fraction of sp³-hybridized carbons (Fsp3) is 0.500. The number of aromatic nitrogens is 1. The molecule has 1 unspecified atom stereocenters. The zero-order valence-electron chi connectivity index (χ0n) is 22.3. The third-order valence-corrected chi connectivity index (χ3v) is 8.75. The Labute approximate surface area is 253 Å². The number of alkyl halides is 1. The first-order valence-electron chi connectivity index (χ1n) is 12.1. The fourth-order valence-corrected chi connectivity index (χ4v) is 6.63. The topological polar surface area (TPSA) is 192 Å². The van der Waals surface area contributed by atoms with E-state index >= 15 is 0 Å². The van der Waals surface area contributed by atoms with Gasteiger partial charge in [-0.3, -0.25) is 24.0 Å². The minimum Gasteiger partial charge on any atom is -0.540 e. The number of carbonyl (C=O) groups is 5. The number of ether oxygens (including phenoxy) is 1. The van der Waals surface area contributed by atoms with E-state index in [-0.39, 0.29) is 46.6 Å². The summed E-state index contributed by atoms with van der Waals surface area (Å²) in [5.41, 5.74) is -2.97. The Bertz CT molecular complexity index is 1420. The van der Waals surface area contributed by atoms with E-state index in [4.69, 9.17) is 37.3 Å². The van der Waals surface area contributed by atoms with Crippen LogP contribution in [0.3, 0.4) is 0 Å². The molecule has 2 fully saturated rings. The Morgan fingerprint density at radius 1 is 1.26 bits per heavy atom. The van der Waals surface area contributed by atoms with Crippen molar-refractivity contribution >= 4 is 90.5 Å². The molecule has 4 radical (unpaired) electrons. The Morgan fingerprint density at radius 3 is 2.52 bits per heavy atom. The summed E-state index contributed by atoms with van der Waals surface area (Å²) in [4.78, 5) is 73.3. The maximum Gasteiger partial charge on any atom is 0.413 e. The molecular weight excluding hydrogens is 615 g/mol. The van der Waals surface area contributed by atoms with E-state index in [0.717, 1.165) is 16.2 Å². The van der Waals surface area contributed by atoms with E-state index < -0.39 is 69.0 Å². The molecule has 3 aliphatic rings. The van der Waals surface area contributed by atoms with Crippen LogP contribution in [-0.2, 0) is 48.9 Å². The van der Waals surface area contributed by atoms with Gasteiger partial charge in [-0.15, -0.1) is 22.9 Å². The zero-order valence-corrected chi connectivity index (χ0v) is 24.7. The minimum absolute atomic E-state index is 0.0326. The zero-order chi connectivity index (χ0) is 31.0. The van der Waals surface area contributed by atoms with E-state index in [0.29, 0.717) is 0 Å². The third-order valence-electron chi connectivity index (χ3n) is 6.02. The number of oxime groups is 1. The number of amides is 3. The van der Waals surface area contributed by atoms with Gasteiger partial charge in [0, 0.05) is 24.1 Å². The highest BCUT2D eigenvalue weighted by Gasteiger charge is 2.58. The molecule has 4 rings (SSSR count). The van der Waals surface area contributed by atoms with Crippen LogP contribution in [0.1, 0.15) is 39.3 Å². The standard InChI is InChI=1S/C22H22B2ClN5O10S2/c1-21(2,3)37-20(35)28-19-26-10(7-41-19)11(29-40-22(4-5-22)18(34)39-24)14(31)27-12-15(32)30-13(17(33)38-23)9(6-25)8-42(36)16(12)30/h7,12,16H,4-6,8H2,1-3H3,(H,27,31)(H,26,28,35)/b29-11-/t12-,16-,42?/m1/s1. The van der Waals surface area contributed by atoms with Gasteiger partial charge in [0.25, 0.3) is 11.8 Å². The highest BCUT2D eigenvalue weighted by Crippen LogP contribution is 2.41. The van der Waals surface area contributed by atoms with Crippen LogP contribution in [0.5, 0.6) is 0 Å². The number of fused-ring (bicyclic) bond motifs is 1. The molecular formula is C22H22B2ClN5O10S2. The van der Waals surface area contributed by atoms with Gasteiger partial charge in [0.05, 0.1) is 16.6 Å². The molecule has 15 nitrogen and oxygen atoms in total. The second-order valence-corrected chi connectivity index (χ2v) is 12.8. The molecule has 2 N–H and O–H groups in total. The summed E-state index contributed by atoms with van der Waals surface area (Å²) in [6.07, 6.45) is -0.395. The summed E-state index contributed by atoms with van der Waals surface area (Å²) < 4.78 is 26.6. The van der Waals surface area contributed by atoms with Crippen molar-refractivity contribution < 1.29 is 47.1 Å². The van der Waals surface area contributed by atoms with Crippen LogP contribution in [0.2, 0.25) is 0 Å². The quantitative estimate of drug-likeness (QED) is 0.121. The second-order valence-electron chi connectivity index (χ2n) is 10.2. The first-order chi connectivity index (χ1) is 19.7. The predicted octanol–water partition coefficient (Wildman–Crippen LogP) is -0.0949. The van der Waals surface area contributed by atoms with Crippen LogP contribution >= 0.6 is 22.9 Å². The molecule has 1 aromatic rings. The monoisotopic (exact) mass is 637 g/mol. The SMILES string of the molecule is [B]OC(=O)C1=C(CCl)CS(=O)[C@@H]2[C@H](NC(=O)/C(=N\OC3(C(=O)O[B])CC3)c3csc(NC(=O)OC(C)(C)C)n3)C(=O)N12. The van der Waals surface area contributed by atoms with Gasteiger partial charge in [-0.1, -0.05) is 5.16 Å². The van der Waals surface area contributed by atoms with E-state index in [1.54, 1.807) is 20.8 Å². The molecule has 0 spiro atoms. The minimum atomic E-state index is -1.77. The van der Waals surface area contributed by atoms with Gasteiger partial charge in [0.1, 0.15) is 28.4 Å². The predicted molar refractivity (Wildman–Crippen MR) is 149 cm³/mol. The molecule has 1 saturated heterocycles. The van der Waals surface area contributed by atoms with Crippen molar-refractivity contribution in [1.82, 2.24) is 15.2 Å². The highest BCUT2D eigenvalue weighted by atomic mass is 35.5. The van der Waals surface area contributed by atoms with Crippen molar-refractivity contribution in [3.63, 3.8) is 0 Å². The van der Waals surface area contributed by atoms with Gasteiger partial charge in [-0.25, -0.2) is 19.4 Å². The largest absolute Gasteiger partial charge is 0.540 e. The number of carbonyl (C=O) groups excluding carboxylic acids is 5. The van der Waals surface area contributed by atoms with Crippen molar-refractivity contribution in [1.29, 1.82) is 0 Å². The van der Waals surface area contributed by atoms with Gasteiger partial charge in [-0.05, 0) is 26.3 Å². The molecule has 1 aliphatic carbocycles. The summed E-state index contributed by atoms with van der Waals surface area (Å²) >= 11 is 6.79. The number of hydrogen-bond donors (Lipinski definition) is 2. The number of hydrogen-bond acceptors (Lipinski definition) is 13. The molecule has 3 heterocycles. The normalized spacial score (nSPS) is 22.8. The molecule has 42 heavy (non-hydrogen) atoms. The van der Waals surface area contributed by atoms with E-state index in [2.05, 4.69) is 30.1 Å². The Morgan fingerprint density at radius 2 is 1.95 bits per heavy atom. The van der Waals surface area contributed by atoms with Gasteiger partial charge < -0.3 is 24.2 Å². The second kappa shape index (κ2) is 12.0. The third kappa shape index (κ3) is 6.32. The lowest BCUT2D eigenvalue weighted by Crippen LogP contribution is -2.74. The van der Waals surface area contributed by atoms with Gasteiger partial charge in [0.2, 0.25) is 5.60 Å². The van der Waals surface area contributed by atoms with Crippen molar-refractivity contribution in [3.05, 3.63) is 22.3 Å². The van der Waals surface area contributed by atoms with Crippen LogP contribution in [0, 0.1) is 0 Å². The highest BCUT2D eigenvalue weighted by molar-refractivity contribution is 7.86. The van der Waals surface area contributed by atoms with Crippen molar-refractivity contribution in [2.75, 3.05) is 16.9 Å². The maximum absolute atomic E-state index is 13.4. The van der Waals surface area contributed by atoms with Crippen LogP contribution in [0.15, 0.2) is 21.8 Å². The number of nitrogens with one attached hydrogen (secondary N) is 2. The molecule has 220 valence electrons. The summed E-state index contributed by atoms with van der Waals surface area (Å²) in [7, 11) is 8.20. The summed E-state index contributed by atoms with van der Waals surface area (Å²) in [6.45, 7) is 5.01. The number of thiazole rings is 1. The van der Waals surface area contributed by atoms with Gasteiger partial charge in [0.15, 0.2) is 10.8 Å². The molecule has 1 saturated carbocycles. The van der Waals surface area contributed by atoms with Gasteiger partial charge in [-0.2, -0.15) is 0 Å². The lowest BCUT2D eigenvalue weighted by Gasteiger charge is -2.49. The lowest BCUT2D eigenvalue weighted by molar-refractivity contribution is -0.150. The smallest absolute Gasteiger partial charge is 0.413 e. The number of β-lactam (4-membered cyclic amide) rings is 1. The van der Waals surface area contributed by atoms with Crippen molar-refractivity contribution in [3.8, 4) is 0 Å². The van der Waals surface area contributed by atoms with Gasteiger partial charge >= 0.3 is 34.1 Å². The van der Waals surface area contributed by atoms with E-state index in [1.807, 2.05) is 0 Å². The number of rotatable bonds is 9. The maximum atomic E-state index is 13.4. The number of halogens is 1. The molecule has 3 amide bonds. The summed E-state index contributed by atoms with van der Waals surface area (Å²) in [6, 6.07) is -1.36. The molecule has 1 aromatic heterocycles. The fourth-order valence-electron chi connectivity index (χ4n) is 3.93.